The largest absolute Gasteiger partial charge is 0.388 e. The Kier molecular flexibility index (Phi) is 2.84. The minimum atomic E-state index is -0.513. The van der Waals surface area contributed by atoms with Crippen LogP contribution in [0.15, 0.2) is 24.3 Å². The first-order valence-corrected chi connectivity index (χ1v) is 3.96. The Hall–Kier alpha value is -1.33. The fraction of sp³-hybridized carbons (Fsp3) is 0.300. The monoisotopic (exact) mass is 161 g/mol. The highest BCUT2D eigenvalue weighted by Gasteiger charge is 2.08. The Morgan fingerprint density at radius 2 is 2.17 bits per heavy atom. The molecule has 1 unspecified atom stereocenters. The van der Waals surface area contributed by atoms with E-state index in [0.717, 1.165) is 5.56 Å². The van der Waals surface area contributed by atoms with E-state index in [1.807, 2.05) is 13.0 Å². The van der Waals surface area contributed by atoms with Gasteiger partial charge >= 0.3 is 0 Å². The van der Waals surface area contributed by atoms with Gasteiger partial charge < -0.3 is 5.11 Å². The summed E-state index contributed by atoms with van der Waals surface area (Å²) in [7, 11) is 0. The van der Waals surface area contributed by atoms with Crippen molar-refractivity contribution in [1.29, 1.82) is 5.26 Å². The molecule has 12 heavy (non-hydrogen) atoms. The third-order valence-electron chi connectivity index (χ3n) is 1.83. The van der Waals surface area contributed by atoms with Crippen LogP contribution in [0.2, 0.25) is 0 Å². The predicted octanol–water partition coefficient (Wildman–Crippen LogP) is 2.00. The van der Waals surface area contributed by atoms with E-state index in [4.69, 9.17) is 5.26 Å². The summed E-state index contributed by atoms with van der Waals surface area (Å²) in [6.45, 7) is 1.89. The fourth-order valence-corrected chi connectivity index (χ4v) is 1.11. The number of hydrogen-bond acceptors (Lipinski definition) is 2. The molecule has 0 bridgehead atoms. The Morgan fingerprint density at radius 3 is 2.75 bits per heavy atom. The van der Waals surface area contributed by atoms with E-state index in [0.29, 0.717) is 12.0 Å². The van der Waals surface area contributed by atoms with Crippen molar-refractivity contribution in [3.05, 3.63) is 35.4 Å². The summed E-state index contributed by atoms with van der Waals surface area (Å²) in [4.78, 5) is 0. The van der Waals surface area contributed by atoms with Crippen molar-refractivity contribution in [2.24, 2.45) is 0 Å². The molecule has 1 aromatic carbocycles. The molecule has 2 nitrogen and oxygen atoms in total. The van der Waals surface area contributed by atoms with E-state index < -0.39 is 6.10 Å². The molecule has 0 fully saturated rings. The van der Waals surface area contributed by atoms with E-state index >= 15 is 0 Å². The molecule has 0 spiro atoms. The van der Waals surface area contributed by atoms with Crippen molar-refractivity contribution in [1.82, 2.24) is 0 Å². The van der Waals surface area contributed by atoms with Gasteiger partial charge in [0.25, 0.3) is 0 Å². The summed E-state index contributed by atoms with van der Waals surface area (Å²) < 4.78 is 0. The van der Waals surface area contributed by atoms with Gasteiger partial charge in [-0.15, -0.1) is 0 Å². The van der Waals surface area contributed by atoms with Crippen LogP contribution in [0.1, 0.15) is 30.6 Å². The first-order chi connectivity index (χ1) is 5.79. The molecule has 1 rings (SSSR count). The molecule has 0 saturated carbocycles. The van der Waals surface area contributed by atoms with Crippen molar-refractivity contribution in [2.75, 3.05) is 0 Å². The molecule has 1 atom stereocenters. The van der Waals surface area contributed by atoms with Crippen molar-refractivity contribution < 1.29 is 5.11 Å². The molecule has 0 aromatic heterocycles. The van der Waals surface area contributed by atoms with E-state index in [-0.39, 0.29) is 0 Å². The van der Waals surface area contributed by atoms with Gasteiger partial charge in [0.1, 0.15) is 0 Å². The third-order valence-corrected chi connectivity index (χ3v) is 1.83. The third kappa shape index (κ3) is 1.63. The lowest BCUT2D eigenvalue weighted by atomic mass is 10.0. The molecular weight excluding hydrogens is 150 g/mol. The van der Waals surface area contributed by atoms with Gasteiger partial charge in [0.15, 0.2) is 0 Å². The number of nitriles is 1. The molecule has 0 radical (unpaired) electrons. The molecule has 0 amide bonds. The van der Waals surface area contributed by atoms with Crippen molar-refractivity contribution >= 4 is 0 Å². The number of rotatable bonds is 2. The molecule has 1 N–H and O–H groups in total. The van der Waals surface area contributed by atoms with Gasteiger partial charge in [0.05, 0.1) is 17.7 Å². The summed E-state index contributed by atoms with van der Waals surface area (Å²) in [5.74, 6) is 0. The number of aliphatic hydroxyl groups excluding tert-OH is 1. The van der Waals surface area contributed by atoms with E-state index in [2.05, 4.69) is 6.07 Å². The van der Waals surface area contributed by atoms with Crippen LogP contribution < -0.4 is 0 Å². The molecule has 2 heteroatoms. The van der Waals surface area contributed by atoms with Crippen molar-refractivity contribution in [3.8, 4) is 6.07 Å². The average molecular weight is 161 g/mol. The number of nitrogens with zero attached hydrogens (tertiary/aromatic N) is 1. The van der Waals surface area contributed by atoms with Gasteiger partial charge in [0.2, 0.25) is 0 Å². The van der Waals surface area contributed by atoms with Crippen LogP contribution in [0.5, 0.6) is 0 Å². The van der Waals surface area contributed by atoms with Crippen LogP contribution in [-0.4, -0.2) is 5.11 Å². The van der Waals surface area contributed by atoms with Gasteiger partial charge in [-0.2, -0.15) is 5.26 Å². The lowest BCUT2D eigenvalue weighted by Crippen LogP contribution is -1.97. The van der Waals surface area contributed by atoms with Gasteiger partial charge in [0, 0.05) is 0 Å². The quantitative estimate of drug-likeness (QED) is 0.721. The zero-order valence-electron chi connectivity index (χ0n) is 6.99. The molecule has 0 aliphatic heterocycles. The summed E-state index contributed by atoms with van der Waals surface area (Å²) in [6.07, 6.45) is 0.124. The van der Waals surface area contributed by atoms with Crippen LogP contribution in [0, 0.1) is 11.3 Å². The molecule has 0 aliphatic carbocycles. The standard InChI is InChI=1S/C10H11NO/c1-2-10(12)9-6-4-3-5-8(9)7-11/h3-6,10,12H,2H2,1H3. The van der Waals surface area contributed by atoms with E-state index in [9.17, 15) is 5.11 Å². The highest BCUT2D eigenvalue weighted by Crippen LogP contribution is 2.19. The summed E-state index contributed by atoms with van der Waals surface area (Å²) >= 11 is 0. The second kappa shape index (κ2) is 3.89. The zero-order valence-corrected chi connectivity index (χ0v) is 6.99. The maximum atomic E-state index is 9.49. The second-order valence-corrected chi connectivity index (χ2v) is 2.62. The van der Waals surface area contributed by atoms with Crippen molar-refractivity contribution in [2.45, 2.75) is 19.4 Å². The van der Waals surface area contributed by atoms with Gasteiger partial charge in [-0.25, -0.2) is 0 Å². The van der Waals surface area contributed by atoms with Crippen LogP contribution in [0.4, 0.5) is 0 Å². The minimum absolute atomic E-state index is 0.513. The Morgan fingerprint density at radius 1 is 1.50 bits per heavy atom. The van der Waals surface area contributed by atoms with Gasteiger partial charge in [-0.05, 0) is 18.1 Å². The molecule has 0 saturated heterocycles. The predicted molar refractivity (Wildman–Crippen MR) is 46.4 cm³/mol. The smallest absolute Gasteiger partial charge is 0.0995 e. The highest BCUT2D eigenvalue weighted by molar-refractivity contribution is 5.38. The maximum absolute atomic E-state index is 9.49. The molecule has 62 valence electrons. The lowest BCUT2D eigenvalue weighted by Gasteiger charge is -2.08. The number of aliphatic hydroxyl groups is 1. The second-order valence-electron chi connectivity index (χ2n) is 2.62. The summed E-state index contributed by atoms with van der Waals surface area (Å²) in [6, 6.07) is 9.18. The Balaban J connectivity index is 3.07. The molecule has 1 aromatic rings. The van der Waals surface area contributed by atoms with Crippen molar-refractivity contribution in [3.63, 3.8) is 0 Å². The van der Waals surface area contributed by atoms with E-state index in [1.54, 1.807) is 18.2 Å². The SMILES string of the molecule is CCC(O)c1ccccc1C#N. The lowest BCUT2D eigenvalue weighted by molar-refractivity contribution is 0.173. The molecular formula is C10H11NO. The Labute approximate surface area is 72.1 Å². The first-order valence-electron chi connectivity index (χ1n) is 3.96. The first kappa shape index (κ1) is 8.76. The highest BCUT2D eigenvalue weighted by atomic mass is 16.3. The van der Waals surface area contributed by atoms with Gasteiger partial charge in [-0.3, -0.25) is 0 Å². The van der Waals surface area contributed by atoms with Crippen LogP contribution in [-0.2, 0) is 0 Å². The normalized spacial score (nSPS) is 12.1. The number of benzene rings is 1. The zero-order chi connectivity index (χ0) is 8.97. The molecule has 0 aliphatic rings. The van der Waals surface area contributed by atoms with Crippen LogP contribution >= 0.6 is 0 Å². The molecule has 0 heterocycles. The summed E-state index contributed by atoms with van der Waals surface area (Å²) in [5, 5.41) is 18.2. The van der Waals surface area contributed by atoms with Crippen LogP contribution in [0.3, 0.4) is 0 Å². The minimum Gasteiger partial charge on any atom is -0.388 e. The van der Waals surface area contributed by atoms with Gasteiger partial charge in [-0.1, -0.05) is 25.1 Å². The van der Waals surface area contributed by atoms with Crippen LogP contribution in [0.25, 0.3) is 0 Å². The maximum Gasteiger partial charge on any atom is 0.0995 e. The summed E-state index contributed by atoms with van der Waals surface area (Å²) in [5.41, 5.74) is 1.29. The Bertz CT molecular complexity index is 301. The van der Waals surface area contributed by atoms with E-state index in [1.165, 1.54) is 0 Å². The average Bonchev–Trinajstić information content (AvgIpc) is 2.16. The topological polar surface area (TPSA) is 44.0 Å². The fourth-order valence-electron chi connectivity index (χ4n) is 1.11. The number of hydrogen-bond donors (Lipinski definition) is 1.